The van der Waals surface area contributed by atoms with Gasteiger partial charge in [0.15, 0.2) is 0 Å². The van der Waals surface area contributed by atoms with Gasteiger partial charge in [0.05, 0.1) is 5.69 Å². The monoisotopic (exact) mass is 150 g/mol. The van der Waals surface area contributed by atoms with Crippen molar-refractivity contribution in [1.29, 1.82) is 0 Å². The Morgan fingerprint density at radius 3 is 3.09 bits per heavy atom. The highest BCUT2D eigenvalue weighted by atomic mass is 14.9. The summed E-state index contributed by atoms with van der Waals surface area (Å²) in [6, 6.07) is 0. The predicted octanol–water partition coefficient (Wildman–Crippen LogP) is 1.85. The van der Waals surface area contributed by atoms with Gasteiger partial charge in [0.1, 0.15) is 5.82 Å². The van der Waals surface area contributed by atoms with Gasteiger partial charge in [-0.05, 0) is 25.7 Å². The third kappa shape index (κ3) is 1.17. The van der Waals surface area contributed by atoms with Gasteiger partial charge in [-0.1, -0.05) is 6.92 Å². The molecule has 0 saturated heterocycles. The summed E-state index contributed by atoms with van der Waals surface area (Å²) in [5, 5.41) is 0. The van der Waals surface area contributed by atoms with E-state index < -0.39 is 0 Å². The van der Waals surface area contributed by atoms with Crippen LogP contribution in [0.15, 0.2) is 0 Å². The Kier molecular flexibility index (Phi) is 1.68. The maximum absolute atomic E-state index is 4.52. The quantitative estimate of drug-likeness (QED) is 0.684. The van der Waals surface area contributed by atoms with E-state index in [1.165, 1.54) is 42.9 Å². The van der Waals surface area contributed by atoms with E-state index in [0.29, 0.717) is 0 Å². The molecule has 1 aromatic rings. The molecule has 0 aliphatic heterocycles. The van der Waals surface area contributed by atoms with Crippen molar-refractivity contribution in [2.45, 2.75) is 39.0 Å². The van der Waals surface area contributed by atoms with Gasteiger partial charge in [-0.2, -0.15) is 0 Å². The van der Waals surface area contributed by atoms with Crippen molar-refractivity contribution in [3.63, 3.8) is 0 Å². The van der Waals surface area contributed by atoms with Gasteiger partial charge in [0, 0.05) is 12.1 Å². The molecule has 0 saturated carbocycles. The maximum atomic E-state index is 4.52. The van der Waals surface area contributed by atoms with Crippen LogP contribution in [-0.2, 0) is 19.3 Å². The number of imidazole rings is 1. The maximum Gasteiger partial charge on any atom is 0.106 e. The molecule has 0 bridgehead atoms. The highest BCUT2D eigenvalue weighted by molar-refractivity contribution is 5.19. The number of hydrogen-bond acceptors (Lipinski definition) is 1. The average Bonchev–Trinajstić information content (AvgIpc) is 2.46. The van der Waals surface area contributed by atoms with E-state index >= 15 is 0 Å². The van der Waals surface area contributed by atoms with Crippen molar-refractivity contribution in [2.24, 2.45) is 0 Å². The number of nitrogens with zero attached hydrogens (tertiary/aromatic N) is 1. The summed E-state index contributed by atoms with van der Waals surface area (Å²) in [4.78, 5) is 7.91. The summed E-state index contributed by atoms with van der Waals surface area (Å²) < 4.78 is 0. The second-order valence-corrected chi connectivity index (χ2v) is 3.21. The number of nitrogens with one attached hydrogen (secondary N) is 1. The lowest BCUT2D eigenvalue weighted by Crippen LogP contribution is -1.88. The van der Waals surface area contributed by atoms with Crippen LogP contribution in [0.3, 0.4) is 0 Å². The highest BCUT2D eigenvalue weighted by Crippen LogP contribution is 2.19. The molecule has 0 spiro atoms. The SMILES string of the molecule is CCCc1nc2c([nH]1)CCC2. The molecule has 60 valence electrons. The Bertz CT molecular complexity index is 229. The number of hydrogen-bond donors (Lipinski definition) is 1. The fraction of sp³-hybridized carbons (Fsp3) is 0.667. The molecule has 0 aromatic carbocycles. The minimum absolute atomic E-state index is 1.10. The Morgan fingerprint density at radius 1 is 1.45 bits per heavy atom. The van der Waals surface area contributed by atoms with E-state index in [4.69, 9.17) is 0 Å². The van der Waals surface area contributed by atoms with Crippen molar-refractivity contribution in [3.8, 4) is 0 Å². The first-order valence-corrected chi connectivity index (χ1v) is 4.46. The highest BCUT2D eigenvalue weighted by Gasteiger charge is 2.14. The fourth-order valence-electron chi connectivity index (χ4n) is 1.71. The summed E-state index contributed by atoms with van der Waals surface area (Å²) in [5.74, 6) is 1.19. The van der Waals surface area contributed by atoms with Crippen molar-refractivity contribution in [1.82, 2.24) is 9.97 Å². The van der Waals surface area contributed by atoms with Crippen LogP contribution in [0.4, 0.5) is 0 Å². The van der Waals surface area contributed by atoms with Gasteiger partial charge in [0.2, 0.25) is 0 Å². The van der Waals surface area contributed by atoms with E-state index in [0.717, 1.165) is 6.42 Å². The molecular formula is C9H14N2. The zero-order valence-electron chi connectivity index (χ0n) is 6.98. The smallest absolute Gasteiger partial charge is 0.106 e. The second kappa shape index (κ2) is 2.68. The van der Waals surface area contributed by atoms with Gasteiger partial charge >= 0.3 is 0 Å². The Hall–Kier alpha value is -0.790. The Labute approximate surface area is 67.0 Å². The van der Waals surface area contributed by atoms with E-state index in [9.17, 15) is 0 Å². The minimum atomic E-state index is 1.10. The molecule has 11 heavy (non-hydrogen) atoms. The van der Waals surface area contributed by atoms with Crippen molar-refractivity contribution < 1.29 is 0 Å². The summed E-state index contributed by atoms with van der Waals surface area (Å²) >= 11 is 0. The van der Waals surface area contributed by atoms with Crippen LogP contribution in [0.25, 0.3) is 0 Å². The lowest BCUT2D eigenvalue weighted by atomic mass is 10.3. The first-order valence-electron chi connectivity index (χ1n) is 4.46. The molecule has 1 N–H and O–H groups in total. The molecule has 1 aliphatic carbocycles. The van der Waals surface area contributed by atoms with Crippen LogP contribution < -0.4 is 0 Å². The van der Waals surface area contributed by atoms with E-state index in [-0.39, 0.29) is 0 Å². The molecule has 1 aromatic heterocycles. The van der Waals surface area contributed by atoms with E-state index in [2.05, 4.69) is 16.9 Å². The van der Waals surface area contributed by atoms with Gasteiger partial charge in [0.25, 0.3) is 0 Å². The Morgan fingerprint density at radius 2 is 2.36 bits per heavy atom. The van der Waals surface area contributed by atoms with Crippen LogP contribution in [0, 0.1) is 0 Å². The third-order valence-corrected chi connectivity index (χ3v) is 2.24. The van der Waals surface area contributed by atoms with Crippen molar-refractivity contribution in [3.05, 3.63) is 17.2 Å². The second-order valence-electron chi connectivity index (χ2n) is 3.21. The van der Waals surface area contributed by atoms with Crippen molar-refractivity contribution >= 4 is 0 Å². The molecule has 0 radical (unpaired) electrons. The molecule has 2 nitrogen and oxygen atoms in total. The molecule has 0 amide bonds. The zero-order chi connectivity index (χ0) is 7.68. The lowest BCUT2D eigenvalue weighted by Gasteiger charge is -1.90. The normalized spacial score (nSPS) is 15.4. The first kappa shape index (κ1) is 6.89. The first-order chi connectivity index (χ1) is 5.40. The number of aromatic nitrogens is 2. The topological polar surface area (TPSA) is 28.7 Å². The standard InChI is InChI=1S/C9H14N2/c1-2-4-9-10-7-5-3-6-8(7)11-9/h2-6H2,1H3,(H,10,11). The molecule has 1 aliphatic rings. The number of aromatic amines is 1. The van der Waals surface area contributed by atoms with E-state index in [1.54, 1.807) is 0 Å². The molecule has 1 heterocycles. The summed E-state index contributed by atoms with van der Waals surface area (Å²) in [7, 11) is 0. The third-order valence-electron chi connectivity index (χ3n) is 2.24. The molecule has 2 rings (SSSR count). The largest absolute Gasteiger partial charge is 0.346 e. The average molecular weight is 150 g/mol. The predicted molar refractivity (Wildman–Crippen MR) is 44.6 cm³/mol. The van der Waals surface area contributed by atoms with Crippen LogP contribution in [0.5, 0.6) is 0 Å². The summed E-state index contributed by atoms with van der Waals surface area (Å²) in [6.07, 6.45) is 5.99. The van der Waals surface area contributed by atoms with Crippen LogP contribution in [0.1, 0.15) is 37.0 Å². The lowest BCUT2D eigenvalue weighted by molar-refractivity contribution is 0.811. The van der Waals surface area contributed by atoms with Gasteiger partial charge in [-0.25, -0.2) is 4.98 Å². The molecule has 2 heteroatoms. The number of H-pyrrole nitrogens is 1. The van der Waals surface area contributed by atoms with E-state index in [1.807, 2.05) is 0 Å². The molecule has 0 fully saturated rings. The number of aryl methyl sites for hydroxylation is 3. The van der Waals surface area contributed by atoms with Gasteiger partial charge in [-0.3, -0.25) is 0 Å². The molecular weight excluding hydrogens is 136 g/mol. The zero-order valence-corrected chi connectivity index (χ0v) is 6.98. The van der Waals surface area contributed by atoms with Crippen LogP contribution in [0.2, 0.25) is 0 Å². The van der Waals surface area contributed by atoms with Crippen LogP contribution in [-0.4, -0.2) is 9.97 Å². The summed E-state index contributed by atoms with van der Waals surface area (Å²) in [5.41, 5.74) is 2.72. The van der Waals surface area contributed by atoms with Crippen molar-refractivity contribution in [2.75, 3.05) is 0 Å². The number of rotatable bonds is 2. The fourth-order valence-corrected chi connectivity index (χ4v) is 1.71. The van der Waals surface area contributed by atoms with Gasteiger partial charge < -0.3 is 4.98 Å². The van der Waals surface area contributed by atoms with Crippen LogP contribution >= 0.6 is 0 Å². The number of fused-ring (bicyclic) bond motifs is 1. The molecule has 0 atom stereocenters. The molecule has 0 unspecified atom stereocenters. The summed E-state index contributed by atoms with van der Waals surface area (Å²) in [6.45, 7) is 2.19. The Balaban J connectivity index is 2.20. The minimum Gasteiger partial charge on any atom is -0.346 e. The van der Waals surface area contributed by atoms with Gasteiger partial charge in [-0.15, -0.1) is 0 Å².